The Morgan fingerprint density at radius 2 is 1.48 bits per heavy atom. The predicted octanol–water partition coefficient (Wildman–Crippen LogP) is 2.96. The molecule has 0 saturated carbocycles. The topological polar surface area (TPSA) is 82.1 Å². The van der Waals surface area contributed by atoms with Crippen molar-refractivity contribution in [1.82, 2.24) is 0 Å². The fourth-order valence-corrected chi connectivity index (χ4v) is 3.04. The van der Waals surface area contributed by atoms with E-state index in [-0.39, 0.29) is 12.2 Å². The van der Waals surface area contributed by atoms with Gasteiger partial charge in [0, 0.05) is 0 Å². The standard InChI is InChI=1S/C19H16Cl2O6/c20-19(21)15(27-17(23)13-9-5-2-6-10-13)14(26-18(19)24)11-25-16(22)12-7-3-1-4-8-12/h1-10,14-15,18,24H,11H2/t14-,15-,18?/m1/s1. The number of carbonyl (C=O) groups excluding carboxylic acids is 2. The predicted molar refractivity (Wildman–Crippen MR) is 97.7 cm³/mol. The molecular formula is C19H16Cl2O6. The number of halogens is 2. The summed E-state index contributed by atoms with van der Waals surface area (Å²) in [5.41, 5.74) is 0.625. The highest BCUT2D eigenvalue weighted by Crippen LogP contribution is 2.41. The molecule has 0 bridgehead atoms. The molecule has 1 aliphatic heterocycles. The number of esters is 2. The first-order valence-electron chi connectivity index (χ1n) is 8.09. The van der Waals surface area contributed by atoms with E-state index in [4.69, 9.17) is 37.4 Å². The lowest BCUT2D eigenvalue weighted by Crippen LogP contribution is -2.42. The van der Waals surface area contributed by atoms with Crippen LogP contribution in [0.15, 0.2) is 60.7 Å². The lowest BCUT2D eigenvalue weighted by molar-refractivity contribution is -0.111. The quantitative estimate of drug-likeness (QED) is 0.602. The van der Waals surface area contributed by atoms with E-state index in [0.717, 1.165) is 0 Å². The second kappa shape index (κ2) is 8.27. The van der Waals surface area contributed by atoms with Gasteiger partial charge in [0.05, 0.1) is 11.1 Å². The van der Waals surface area contributed by atoms with Crippen molar-refractivity contribution in [1.29, 1.82) is 0 Å². The van der Waals surface area contributed by atoms with Gasteiger partial charge in [-0.2, -0.15) is 0 Å². The molecule has 27 heavy (non-hydrogen) atoms. The van der Waals surface area contributed by atoms with Gasteiger partial charge in [0.1, 0.15) is 12.7 Å². The maximum Gasteiger partial charge on any atom is 0.338 e. The monoisotopic (exact) mass is 410 g/mol. The largest absolute Gasteiger partial charge is 0.459 e. The van der Waals surface area contributed by atoms with Crippen molar-refractivity contribution >= 4 is 35.1 Å². The average molecular weight is 411 g/mol. The molecule has 0 aliphatic carbocycles. The molecule has 1 fully saturated rings. The minimum Gasteiger partial charge on any atom is -0.459 e. The Bertz CT molecular complexity index is 796. The third-order valence-electron chi connectivity index (χ3n) is 3.98. The zero-order valence-corrected chi connectivity index (χ0v) is 15.5. The van der Waals surface area contributed by atoms with Crippen LogP contribution in [0.5, 0.6) is 0 Å². The van der Waals surface area contributed by atoms with E-state index in [2.05, 4.69) is 0 Å². The van der Waals surface area contributed by atoms with Crippen LogP contribution in [0.3, 0.4) is 0 Å². The molecular weight excluding hydrogens is 395 g/mol. The van der Waals surface area contributed by atoms with Gasteiger partial charge in [-0.25, -0.2) is 9.59 Å². The minimum absolute atomic E-state index is 0.281. The number of alkyl halides is 2. The molecule has 0 amide bonds. The number of hydrogen-bond acceptors (Lipinski definition) is 6. The van der Waals surface area contributed by atoms with Crippen molar-refractivity contribution in [2.24, 2.45) is 0 Å². The van der Waals surface area contributed by atoms with Crippen LogP contribution in [-0.2, 0) is 14.2 Å². The van der Waals surface area contributed by atoms with Crippen LogP contribution in [0, 0.1) is 0 Å². The molecule has 0 aromatic heterocycles. The van der Waals surface area contributed by atoms with Crippen molar-refractivity contribution in [3.63, 3.8) is 0 Å². The first kappa shape index (κ1) is 19.6. The molecule has 8 heteroatoms. The Morgan fingerprint density at radius 3 is 2.04 bits per heavy atom. The van der Waals surface area contributed by atoms with Crippen LogP contribution in [0.1, 0.15) is 20.7 Å². The molecule has 1 aliphatic rings. The molecule has 1 heterocycles. The van der Waals surface area contributed by atoms with Crippen LogP contribution in [-0.4, -0.2) is 46.5 Å². The van der Waals surface area contributed by atoms with E-state index in [0.29, 0.717) is 5.56 Å². The summed E-state index contributed by atoms with van der Waals surface area (Å²) in [6, 6.07) is 16.5. The summed E-state index contributed by atoms with van der Waals surface area (Å²) in [4.78, 5) is 24.4. The average Bonchev–Trinajstić information content (AvgIpc) is 2.90. The minimum atomic E-state index is -1.91. The van der Waals surface area contributed by atoms with E-state index in [1.165, 1.54) is 0 Å². The summed E-state index contributed by atoms with van der Waals surface area (Å²) in [6.07, 6.45) is -3.89. The summed E-state index contributed by atoms with van der Waals surface area (Å²) in [5.74, 6) is -1.29. The molecule has 6 nitrogen and oxygen atoms in total. The molecule has 1 unspecified atom stereocenters. The first-order chi connectivity index (χ1) is 12.9. The number of aliphatic hydroxyl groups excluding tert-OH is 1. The third kappa shape index (κ3) is 4.42. The number of aliphatic hydroxyl groups is 1. The van der Waals surface area contributed by atoms with Gasteiger partial charge in [0.15, 0.2) is 12.4 Å². The smallest absolute Gasteiger partial charge is 0.338 e. The van der Waals surface area contributed by atoms with Gasteiger partial charge in [-0.3, -0.25) is 0 Å². The fraction of sp³-hybridized carbons (Fsp3) is 0.263. The zero-order chi connectivity index (χ0) is 19.4. The maximum absolute atomic E-state index is 12.3. The molecule has 2 aromatic carbocycles. The van der Waals surface area contributed by atoms with Crippen molar-refractivity contribution in [3.8, 4) is 0 Å². The molecule has 142 valence electrons. The SMILES string of the molecule is O=C(OC[C@H]1OC(O)C(Cl)(Cl)[C@@H]1OC(=O)c1ccccc1)c1ccccc1. The van der Waals surface area contributed by atoms with Gasteiger partial charge in [0.25, 0.3) is 0 Å². The molecule has 3 rings (SSSR count). The zero-order valence-electron chi connectivity index (χ0n) is 14.0. The number of carbonyl (C=O) groups is 2. The third-order valence-corrected chi connectivity index (χ3v) is 4.79. The van der Waals surface area contributed by atoms with Gasteiger partial charge in [-0.1, -0.05) is 59.6 Å². The summed E-state index contributed by atoms with van der Waals surface area (Å²) in [5, 5.41) is 9.95. The van der Waals surface area contributed by atoms with E-state index < -0.39 is 34.8 Å². The van der Waals surface area contributed by atoms with Gasteiger partial charge in [-0.05, 0) is 24.3 Å². The Morgan fingerprint density at radius 1 is 0.963 bits per heavy atom. The lowest BCUT2D eigenvalue weighted by Gasteiger charge is -2.24. The van der Waals surface area contributed by atoms with E-state index in [9.17, 15) is 14.7 Å². The Hall–Kier alpha value is -2.12. The number of ether oxygens (including phenoxy) is 3. The van der Waals surface area contributed by atoms with Crippen molar-refractivity contribution in [2.45, 2.75) is 22.8 Å². The van der Waals surface area contributed by atoms with Crippen LogP contribution in [0.25, 0.3) is 0 Å². The number of rotatable bonds is 5. The summed E-state index contributed by atoms with van der Waals surface area (Å²) >= 11 is 12.2. The summed E-state index contributed by atoms with van der Waals surface area (Å²) < 4.78 is 13.9. The van der Waals surface area contributed by atoms with Crippen molar-refractivity contribution in [2.75, 3.05) is 6.61 Å². The fourth-order valence-electron chi connectivity index (χ4n) is 2.57. The Labute approximate surface area is 165 Å². The van der Waals surface area contributed by atoms with E-state index in [1.807, 2.05) is 0 Å². The molecule has 1 saturated heterocycles. The second-order valence-corrected chi connectivity index (χ2v) is 7.30. The highest BCUT2D eigenvalue weighted by Gasteiger charge is 2.57. The Balaban J connectivity index is 1.69. The maximum atomic E-state index is 12.3. The van der Waals surface area contributed by atoms with Crippen LogP contribution in [0.2, 0.25) is 0 Å². The summed E-state index contributed by atoms with van der Waals surface area (Å²) in [6.45, 7) is -0.307. The number of benzene rings is 2. The van der Waals surface area contributed by atoms with Gasteiger partial charge < -0.3 is 19.3 Å². The van der Waals surface area contributed by atoms with Crippen molar-refractivity contribution < 1.29 is 28.9 Å². The Kier molecular flexibility index (Phi) is 6.01. The van der Waals surface area contributed by atoms with Gasteiger partial charge >= 0.3 is 11.9 Å². The molecule has 3 atom stereocenters. The second-order valence-electron chi connectivity index (χ2n) is 5.86. The van der Waals surface area contributed by atoms with Crippen LogP contribution < -0.4 is 0 Å². The highest BCUT2D eigenvalue weighted by molar-refractivity contribution is 6.49. The highest BCUT2D eigenvalue weighted by atomic mass is 35.5. The van der Waals surface area contributed by atoms with Gasteiger partial charge in [-0.15, -0.1) is 0 Å². The molecule has 0 spiro atoms. The van der Waals surface area contributed by atoms with E-state index in [1.54, 1.807) is 60.7 Å². The molecule has 2 aromatic rings. The summed E-state index contributed by atoms with van der Waals surface area (Å²) in [7, 11) is 0. The normalized spacial score (nSPS) is 23.6. The van der Waals surface area contributed by atoms with Gasteiger partial charge in [0.2, 0.25) is 4.33 Å². The lowest BCUT2D eigenvalue weighted by atomic mass is 10.1. The van der Waals surface area contributed by atoms with Crippen LogP contribution >= 0.6 is 23.2 Å². The van der Waals surface area contributed by atoms with E-state index >= 15 is 0 Å². The van der Waals surface area contributed by atoms with Crippen LogP contribution in [0.4, 0.5) is 0 Å². The number of hydrogen-bond donors (Lipinski definition) is 1. The first-order valence-corrected chi connectivity index (χ1v) is 8.84. The van der Waals surface area contributed by atoms with Crippen molar-refractivity contribution in [3.05, 3.63) is 71.8 Å². The molecule has 1 N–H and O–H groups in total. The molecule has 0 radical (unpaired) electrons.